The van der Waals surface area contributed by atoms with Crippen LogP contribution in [0.5, 0.6) is 5.75 Å². The maximum Gasteiger partial charge on any atom is 0.204 e. The summed E-state index contributed by atoms with van der Waals surface area (Å²) in [5.41, 5.74) is 2.19. The molecule has 0 atom stereocenters. The molecular weight excluding hydrogens is 296 g/mol. The lowest BCUT2D eigenvalue weighted by atomic mass is 9.98. The fourth-order valence-corrected chi connectivity index (χ4v) is 3.27. The number of hydrogen-bond acceptors (Lipinski definition) is 3. The van der Waals surface area contributed by atoms with Gasteiger partial charge in [-0.2, -0.15) is 0 Å². The topological polar surface area (TPSA) is 27.7 Å². The van der Waals surface area contributed by atoms with Crippen LogP contribution in [0.25, 0.3) is 0 Å². The third-order valence-electron chi connectivity index (χ3n) is 3.43. The molecule has 1 aromatic carbocycles. The Labute approximate surface area is 116 Å². The molecule has 0 N–H and O–H groups in total. The largest absolute Gasteiger partial charge is 0.487 e. The molecule has 4 heteroatoms. The van der Waals surface area contributed by atoms with E-state index in [0.717, 1.165) is 17.7 Å². The summed E-state index contributed by atoms with van der Waals surface area (Å²) in [6.45, 7) is 5.50. The second kappa shape index (κ2) is 4.22. The Hall–Kier alpha value is -0.580. The Balaban J connectivity index is 1.97. The summed E-state index contributed by atoms with van der Waals surface area (Å²) in [4.78, 5) is 0. The molecular formula is C14H17BrO3. The van der Waals surface area contributed by atoms with Crippen molar-refractivity contribution in [3.05, 3.63) is 29.3 Å². The second-order valence-corrected chi connectivity index (χ2v) is 6.01. The van der Waals surface area contributed by atoms with Crippen LogP contribution in [0.1, 0.15) is 25.0 Å². The van der Waals surface area contributed by atoms with Crippen LogP contribution in [0.15, 0.2) is 18.2 Å². The summed E-state index contributed by atoms with van der Waals surface area (Å²) in [7, 11) is 0. The Morgan fingerprint density at radius 3 is 2.61 bits per heavy atom. The molecule has 2 heterocycles. The van der Waals surface area contributed by atoms with Gasteiger partial charge in [0, 0.05) is 12.0 Å². The number of hydrogen-bond donors (Lipinski definition) is 0. The van der Waals surface area contributed by atoms with Crippen LogP contribution in [0, 0.1) is 0 Å². The van der Waals surface area contributed by atoms with Gasteiger partial charge in [0.25, 0.3) is 0 Å². The molecule has 0 bridgehead atoms. The quantitative estimate of drug-likeness (QED) is 0.786. The lowest BCUT2D eigenvalue weighted by Gasteiger charge is -2.25. The standard InChI is InChI=1S/C14H17BrO3/c1-13(2)8-10-7-11(3-4-12(10)18-13)14(9-15)16-5-6-17-14/h3-4,7H,5-6,8-9H2,1-2H3. The van der Waals surface area contributed by atoms with E-state index in [1.165, 1.54) is 5.56 Å². The molecule has 1 aromatic rings. The first-order valence-electron chi connectivity index (χ1n) is 6.21. The zero-order chi connectivity index (χ0) is 12.8. The summed E-state index contributed by atoms with van der Waals surface area (Å²) in [5.74, 6) is 0.355. The van der Waals surface area contributed by atoms with E-state index in [-0.39, 0.29) is 5.60 Å². The third kappa shape index (κ3) is 1.96. The average Bonchev–Trinajstić information content (AvgIpc) is 2.90. The second-order valence-electron chi connectivity index (χ2n) is 5.44. The number of rotatable bonds is 2. The summed E-state index contributed by atoms with van der Waals surface area (Å²) in [5, 5.41) is 0.642. The van der Waals surface area contributed by atoms with Crippen molar-refractivity contribution in [2.24, 2.45) is 0 Å². The van der Waals surface area contributed by atoms with Gasteiger partial charge in [-0.1, -0.05) is 15.9 Å². The fourth-order valence-electron chi connectivity index (χ4n) is 2.62. The van der Waals surface area contributed by atoms with E-state index in [9.17, 15) is 0 Å². The number of fused-ring (bicyclic) bond motifs is 1. The molecule has 0 radical (unpaired) electrons. The van der Waals surface area contributed by atoms with Crippen LogP contribution < -0.4 is 4.74 Å². The molecule has 0 amide bonds. The Kier molecular flexibility index (Phi) is 2.92. The highest BCUT2D eigenvalue weighted by molar-refractivity contribution is 9.09. The van der Waals surface area contributed by atoms with Crippen molar-refractivity contribution < 1.29 is 14.2 Å². The van der Waals surface area contributed by atoms with E-state index in [4.69, 9.17) is 14.2 Å². The lowest BCUT2D eigenvalue weighted by Crippen LogP contribution is -2.29. The minimum atomic E-state index is -0.623. The molecule has 0 spiro atoms. The van der Waals surface area contributed by atoms with E-state index in [1.807, 2.05) is 12.1 Å². The molecule has 18 heavy (non-hydrogen) atoms. The molecule has 3 nitrogen and oxygen atoms in total. The smallest absolute Gasteiger partial charge is 0.204 e. The van der Waals surface area contributed by atoms with Gasteiger partial charge in [-0.3, -0.25) is 0 Å². The van der Waals surface area contributed by atoms with Crippen LogP contribution in [0.2, 0.25) is 0 Å². The fraction of sp³-hybridized carbons (Fsp3) is 0.571. The van der Waals surface area contributed by atoms with Crippen molar-refractivity contribution in [1.82, 2.24) is 0 Å². The summed E-state index contributed by atoms with van der Waals surface area (Å²) >= 11 is 3.49. The Bertz CT molecular complexity index is 464. The van der Waals surface area contributed by atoms with Crippen LogP contribution >= 0.6 is 15.9 Å². The van der Waals surface area contributed by atoms with E-state index >= 15 is 0 Å². The molecule has 2 aliphatic heterocycles. The molecule has 0 aliphatic carbocycles. The molecule has 0 unspecified atom stereocenters. The molecule has 1 saturated heterocycles. The van der Waals surface area contributed by atoms with Gasteiger partial charge < -0.3 is 14.2 Å². The van der Waals surface area contributed by atoms with Crippen molar-refractivity contribution in [3.8, 4) is 5.75 Å². The van der Waals surface area contributed by atoms with Gasteiger partial charge in [0.2, 0.25) is 5.79 Å². The highest BCUT2D eigenvalue weighted by Crippen LogP contribution is 2.40. The Morgan fingerprint density at radius 2 is 1.94 bits per heavy atom. The van der Waals surface area contributed by atoms with Crippen molar-refractivity contribution >= 4 is 15.9 Å². The summed E-state index contributed by atoms with van der Waals surface area (Å²) in [6, 6.07) is 6.21. The number of ether oxygens (including phenoxy) is 3. The number of alkyl halides is 1. The monoisotopic (exact) mass is 312 g/mol. The van der Waals surface area contributed by atoms with Crippen molar-refractivity contribution in [1.29, 1.82) is 0 Å². The van der Waals surface area contributed by atoms with Gasteiger partial charge in [0.1, 0.15) is 11.4 Å². The van der Waals surface area contributed by atoms with E-state index < -0.39 is 5.79 Å². The molecule has 3 rings (SSSR count). The number of halogens is 1. The van der Waals surface area contributed by atoms with E-state index in [2.05, 4.69) is 35.8 Å². The van der Waals surface area contributed by atoms with Crippen LogP contribution in [0.3, 0.4) is 0 Å². The van der Waals surface area contributed by atoms with Gasteiger partial charge in [-0.25, -0.2) is 0 Å². The average molecular weight is 313 g/mol. The molecule has 2 aliphatic rings. The van der Waals surface area contributed by atoms with Gasteiger partial charge in [0.05, 0.1) is 18.5 Å². The van der Waals surface area contributed by atoms with E-state index in [0.29, 0.717) is 18.5 Å². The van der Waals surface area contributed by atoms with Crippen LogP contribution in [-0.2, 0) is 21.7 Å². The van der Waals surface area contributed by atoms with Gasteiger partial charge in [0.15, 0.2) is 0 Å². The van der Waals surface area contributed by atoms with Gasteiger partial charge >= 0.3 is 0 Å². The first-order chi connectivity index (χ1) is 8.55. The highest BCUT2D eigenvalue weighted by Gasteiger charge is 2.39. The maximum atomic E-state index is 5.89. The van der Waals surface area contributed by atoms with E-state index in [1.54, 1.807) is 0 Å². The van der Waals surface area contributed by atoms with Crippen molar-refractivity contribution in [3.63, 3.8) is 0 Å². The first kappa shape index (κ1) is 12.5. The first-order valence-corrected chi connectivity index (χ1v) is 7.33. The zero-order valence-corrected chi connectivity index (χ0v) is 12.2. The predicted octanol–water partition coefficient (Wildman–Crippen LogP) is 2.99. The molecule has 0 saturated carbocycles. The van der Waals surface area contributed by atoms with Crippen LogP contribution in [0.4, 0.5) is 0 Å². The highest BCUT2D eigenvalue weighted by atomic mass is 79.9. The number of benzene rings is 1. The van der Waals surface area contributed by atoms with Crippen LogP contribution in [-0.4, -0.2) is 24.1 Å². The lowest BCUT2D eigenvalue weighted by molar-refractivity contribution is -0.144. The minimum Gasteiger partial charge on any atom is -0.487 e. The zero-order valence-electron chi connectivity index (χ0n) is 10.7. The van der Waals surface area contributed by atoms with Crippen molar-refractivity contribution in [2.45, 2.75) is 31.7 Å². The summed E-state index contributed by atoms with van der Waals surface area (Å²) in [6.07, 6.45) is 0.925. The van der Waals surface area contributed by atoms with Gasteiger partial charge in [-0.05, 0) is 37.6 Å². The molecule has 98 valence electrons. The molecule has 1 fully saturated rings. The minimum absolute atomic E-state index is 0.111. The maximum absolute atomic E-state index is 5.89. The SMILES string of the molecule is CC1(C)Cc2cc(C3(CBr)OCCO3)ccc2O1. The summed E-state index contributed by atoms with van der Waals surface area (Å²) < 4.78 is 17.4. The Morgan fingerprint density at radius 1 is 1.22 bits per heavy atom. The predicted molar refractivity (Wildman–Crippen MR) is 72.2 cm³/mol. The van der Waals surface area contributed by atoms with Crippen molar-refractivity contribution in [2.75, 3.05) is 18.5 Å². The molecule has 0 aromatic heterocycles. The van der Waals surface area contributed by atoms with Gasteiger partial charge in [-0.15, -0.1) is 0 Å². The normalized spacial score (nSPS) is 23.7. The third-order valence-corrected chi connectivity index (χ3v) is 4.17.